The number of rotatable bonds is 9. The third-order valence-electron chi connectivity index (χ3n) is 2.60. The number of alkyl carbamates (subject to hydrolysis) is 1. The van der Waals surface area contributed by atoms with Gasteiger partial charge in [-0.2, -0.15) is 0 Å². The molecule has 1 aliphatic heterocycles. The summed E-state index contributed by atoms with van der Waals surface area (Å²) in [5.74, 6) is 0.339. The molecule has 1 rings (SSSR count). The summed E-state index contributed by atoms with van der Waals surface area (Å²) in [6.45, 7) is 1.10. The molecule has 0 saturated carbocycles. The number of aliphatic imine (C=N–C) groups is 1. The van der Waals surface area contributed by atoms with Crippen LogP contribution in [0.5, 0.6) is 0 Å². The van der Waals surface area contributed by atoms with Crippen LogP contribution in [0.3, 0.4) is 0 Å². The normalized spacial score (nSPS) is 15.0. The maximum atomic E-state index is 11.3. The molecule has 0 aromatic carbocycles. The van der Waals surface area contributed by atoms with Gasteiger partial charge in [-0.1, -0.05) is 12.8 Å². The van der Waals surface area contributed by atoms with Crippen molar-refractivity contribution in [3.05, 3.63) is 11.8 Å². The first kappa shape index (κ1) is 16.7. The molecule has 1 saturated heterocycles. The van der Waals surface area contributed by atoms with Crippen molar-refractivity contribution in [2.75, 3.05) is 26.3 Å². The molecule has 1 fully saturated rings. The van der Waals surface area contributed by atoms with Crippen molar-refractivity contribution in [2.45, 2.75) is 25.7 Å². The van der Waals surface area contributed by atoms with Crippen LogP contribution in [0.4, 0.5) is 9.59 Å². The molecular weight excluding hydrogens is 280 g/mol. The van der Waals surface area contributed by atoms with Gasteiger partial charge in [-0.15, -0.1) is 0 Å². The molecule has 1 N–H and O–H groups in total. The molecule has 0 spiro atoms. The van der Waals surface area contributed by atoms with Gasteiger partial charge in [0, 0.05) is 6.54 Å². The number of ether oxygens (including phenoxy) is 3. The highest BCUT2D eigenvalue weighted by Gasteiger charge is 2.17. The van der Waals surface area contributed by atoms with Gasteiger partial charge in [0.05, 0.1) is 6.54 Å². The van der Waals surface area contributed by atoms with Gasteiger partial charge in [-0.25, -0.2) is 19.4 Å². The molecule has 0 aromatic heterocycles. The van der Waals surface area contributed by atoms with Crippen LogP contribution in [0.2, 0.25) is 0 Å². The lowest BCUT2D eigenvalue weighted by molar-refractivity contribution is 0.136. The van der Waals surface area contributed by atoms with Gasteiger partial charge in [0.25, 0.3) is 0 Å². The van der Waals surface area contributed by atoms with Crippen molar-refractivity contribution in [1.29, 1.82) is 0 Å². The summed E-state index contributed by atoms with van der Waals surface area (Å²) in [6, 6.07) is 0. The first-order chi connectivity index (χ1) is 10.2. The quantitative estimate of drug-likeness (QED) is 0.300. The van der Waals surface area contributed by atoms with Crippen LogP contribution in [0, 0.1) is 0 Å². The summed E-state index contributed by atoms with van der Waals surface area (Å²) < 4.78 is 14.1. The molecule has 0 unspecified atom stereocenters. The third-order valence-corrected chi connectivity index (χ3v) is 2.60. The highest BCUT2D eigenvalue weighted by atomic mass is 16.8. The number of hydrogen-bond donors (Lipinski definition) is 1. The van der Waals surface area contributed by atoms with Crippen LogP contribution in [-0.4, -0.2) is 44.6 Å². The molecule has 1 amide bonds. The lowest BCUT2D eigenvalue weighted by atomic mass is 10.2. The van der Waals surface area contributed by atoms with Crippen molar-refractivity contribution in [2.24, 2.45) is 4.99 Å². The Morgan fingerprint density at radius 1 is 1.38 bits per heavy atom. The second-order valence-corrected chi connectivity index (χ2v) is 4.22. The zero-order valence-electron chi connectivity index (χ0n) is 11.6. The molecule has 116 valence electrons. The highest BCUT2D eigenvalue weighted by Crippen LogP contribution is 2.09. The van der Waals surface area contributed by atoms with Gasteiger partial charge in [0.2, 0.25) is 6.08 Å². The number of amides is 1. The van der Waals surface area contributed by atoms with E-state index in [1.807, 2.05) is 0 Å². The van der Waals surface area contributed by atoms with E-state index in [0.717, 1.165) is 25.7 Å². The van der Waals surface area contributed by atoms with E-state index in [0.29, 0.717) is 18.8 Å². The summed E-state index contributed by atoms with van der Waals surface area (Å²) in [7, 11) is 0. The van der Waals surface area contributed by atoms with Crippen molar-refractivity contribution in [3.63, 3.8) is 0 Å². The summed E-state index contributed by atoms with van der Waals surface area (Å²) in [4.78, 5) is 35.2. The van der Waals surface area contributed by atoms with Crippen LogP contribution < -0.4 is 5.32 Å². The van der Waals surface area contributed by atoms with Gasteiger partial charge >= 0.3 is 12.2 Å². The molecule has 8 nitrogen and oxygen atoms in total. The molecular formula is C13H18N2O6. The van der Waals surface area contributed by atoms with Gasteiger partial charge in [-0.3, -0.25) is 0 Å². The number of isocyanates is 1. The van der Waals surface area contributed by atoms with Crippen LogP contribution in [0.1, 0.15) is 25.7 Å². The molecule has 21 heavy (non-hydrogen) atoms. The average molecular weight is 298 g/mol. The van der Waals surface area contributed by atoms with E-state index in [1.165, 1.54) is 12.2 Å². The fourth-order valence-electron chi connectivity index (χ4n) is 1.56. The lowest BCUT2D eigenvalue weighted by Gasteiger charge is -2.05. The van der Waals surface area contributed by atoms with Crippen molar-refractivity contribution in [1.82, 2.24) is 5.32 Å². The number of carbonyl (C=O) groups excluding carboxylic acids is 3. The van der Waals surface area contributed by atoms with Crippen molar-refractivity contribution < 1.29 is 28.6 Å². The predicted molar refractivity (Wildman–Crippen MR) is 71.3 cm³/mol. The molecule has 0 aromatic rings. The fraction of sp³-hybridized carbons (Fsp3) is 0.615. The summed E-state index contributed by atoms with van der Waals surface area (Å²) in [5, 5.41) is 2.60. The number of hydrogen-bond acceptors (Lipinski definition) is 7. The zero-order chi connectivity index (χ0) is 15.3. The summed E-state index contributed by atoms with van der Waals surface area (Å²) >= 11 is 0. The SMILES string of the molecule is O=C=NCCCCCCNC(=O)OC/C=C1/COC(=O)O1. The number of nitrogens with zero attached hydrogens (tertiary/aromatic N) is 1. The Morgan fingerprint density at radius 2 is 2.19 bits per heavy atom. The Kier molecular flexibility index (Phi) is 8.32. The minimum Gasteiger partial charge on any atom is -0.445 e. The van der Waals surface area contributed by atoms with Crippen LogP contribution >= 0.6 is 0 Å². The molecule has 0 aliphatic carbocycles. The Hall–Kier alpha value is -2.34. The fourth-order valence-corrected chi connectivity index (χ4v) is 1.56. The summed E-state index contributed by atoms with van der Waals surface area (Å²) in [6.07, 6.45) is 5.23. The first-order valence-corrected chi connectivity index (χ1v) is 6.70. The third kappa shape index (κ3) is 8.43. The molecule has 0 atom stereocenters. The van der Waals surface area contributed by atoms with Crippen molar-refractivity contribution in [3.8, 4) is 0 Å². The molecule has 1 heterocycles. The summed E-state index contributed by atoms with van der Waals surface area (Å²) in [5.41, 5.74) is 0. The largest absolute Gasteiger partial charge is 0.514 e. The second-order valence-electron chi connectivity index (χ2n) is 4.22. The average Bonchev–Trinajstić information content (AvgIpc) is 2.87. The van der Waals surface area contributed by atoms with Crippen LogP contribution in [0.15, 0.2) is 16.8 Å². The predicted octanol–water partition coefficient (Wildman–Crippen LogP) is 1.66. The minimum absolute atomic E-state index is 0.0154. The Morgan fingerprint density at radius 3 is 2.90 bits per heavy atom. The van der Waals surface area contributed by atoms with E-state index in [4.69, 9.17) is 4.74 Å². The van der Waals surface area contributed by atoms with Gasteiger partial charge in [0.1, 0.15) is 12.4 Å². The van der Waals surface area contributed by atoms with Gasteiger partial charge in [-0.05, 0) is 18.9 Å². The van der Waals surface area contributed by atoms with Gasteiger partial charge in [0.15, 0.2) is 6.61 Å². The Bertz CT molecular complexity index is 428. The van der Waals surface area contributed by atoms with Crippen LogP contribution in [-0.2, 0) is 19.0 Å². The molecule has 0 radical (unpaired) electrons. The Balaban J connectivity index is 1.94. The van der Waals surface area contributed by atoms with E-state index in [9.17, 15) is 14.4 Å². The standard InChI is InChI=1S/C13H18N2O6/c16-10-14-6-3-1-2-4-7-15-12(17)19-8-5-11-9-20-13(18)21-11/h5H,1-4,6-9H2,(H,15,17)/b11-5-. The van der Waals surface area contributed by atoms with Crippen LogP contribution in [0.25, 0.3) is 0 Å². The number of nitrogens with one attached hydrogen (secondary N) is 1. The number of unbranched alkanes of at least 4 members (excludes halogenated alkanes) is 3. The Labute approximate surface area is 122 Å². The van der Waals surface area contributed by atoms with Gasteiger partial charge < -0.3 is 19.5 Å². The van der Waals surface area contributed by atoms with Crippen molar-refractivity contribution >= 4 is 18.3 Å². The van der Waals surface area contributed by atoms with E-state index >= 15 is 0 Å². The minimum atomic E-state index is -0.746. The molecule has 0 bridgehead atoms. The maximum Gasteiger partial charge on any atom is 0.514 e. The highest BCUT2D eigenvalue weighted by molar-refractivity contribution is 5.67. The van der Waals surface area contributed by atoms with E-state index in [2.05, 4.69) is 19.8 Å². The smallest absolute Gasteiger partial charge is 0.445 e. The number of cyclic esters (lactones) is 2. The zero-order valence-corrected chi connectivity index (χ0v) is 11.6. The second kappa shape index (κ2) is 10.4. The maximum absolute atomic E-state index is 11.3. The molecule has 1 aliphatic rings. The van der Waals surface area contributed by atoms with E-state index in [1.54, 1.807) is 0 Å². The van der Waals surface area contributed by atoms with E-state index in [-0.39, 0.29) is 13.2 Å². The molecule has 8 heteroatoms. The number of carbonyl (C=O) groups is 2. The first-order valence-electron chi connectivity index (χ1n) is 6.70. The lowest BCUT2D eigenvalue weighted by Crippen LogP contribution is -2.25. The topological polar surface area (TPSA) is 103 Å². The van der Waals surface area contributed by atoms with E-state index < -0.39 is 12.2 Å². The monoisotopic (exact) mass is 298 g/mol.